The van der Waals surface area contributed by atoms with Crippen LogP contribution in [-0.4, -0.2) is 43.8 Å². The summed E-state index contributed by atoms with van der Waals surface area (Å²) in [4.78, 5) is 26.1. The first-order valence-electron chi connectivity index (χ1n) is 10.8. The zero-order chi connectivity index (χ0) is 24.2. The number of hydrogen-bond donors (Lipinski definition) is 3. The molecule has 10 heteroatoms. The van der Waals surface area contributed by atoms with Crippen LogP contribution in [0.3, 0.4) is 0 Å². The van der Waals surface area contributed by atoms with E-state index >= 15 is 0 Å². The monoisotopic (exact) mass is 476 g/mol. The largest absolute Gasteiger partial charge is 0.368 e. The number of hydrogen-bond acceptors (Lipinski definition) is 5. The number of carbonyl (C=O) groups excluding carboxylic acids is 2. The van der Waals surface area contributed by atoms with E-state index in [2.05, 4.69) is 10.0 Å². The molecule has 1 fully saturated rings. The molecule has 2 aromatic carbocycles. The summed E-state index contributed by atoms with van der Waals surface area (Å²) in [5.74, 6) is -2.19. The Kier molecular flexibility index (Phi) is 7.83. The number of nitrogens with one attached hydrogen (secondary N) is 2. The fourth-order valence-electron chi connectivity index (χ4n) is 3.93. The van der Waals surface area contributed by atoms with Crippen LogP contribution in [0.4, 0.5) is 10.1 Å². The van der Waals surface area contributed by atoms with E-state index in [1.165, 1.54) is 12.1 Å². The molecular weight excluding hydrogens is 447 g/mol. The summed E-state index contributed by atoms with van der Waals surface area (Å²) in [5.41, 5.74) is 6.86. The third-order valence-electron chi connectivity index (χ3n) is 5.63. The Labute approximate surface area is 193 Å². The molecule has 0 saturated carbocycles. The van der Waals surface area contributed by atoms with Crippen molar-refractivity contribution in [2.75, 3.05) is 11.9 Å². The number of anilines is 1. The smallest absolute Gasteiger partial charge is 0.244 e. The van der Waals surface area contributed by atoms with Gasteiger partial charge in [0.15, 0.2) is 0 Å². The summed E-state index contributed by atoms with van der Waals surface area (Å²) >= 11 is 0. The molecule has 0 aromatic heterocycles. The Morgan fingerprint density at radius 3 is 2.58 bits per heavy atom. The second-order valence-electron chi connectivity index (χ2n) is 8.49. The molecule has 178 valence electrons. The maximum Gasteiger partial charge on any atom is 0.244 e. The fraction of sp³-hybridized carbons (Fsp3) is 0.391. The average molecular weight is 477 g/mol. The Morgan fingerprint density at radius 2 is 1.91 bits per heavy atom. The van der Waals surface area contributed by atoms with Crippen molar-refractivity contribution in [3.63, 3.8) is 0 Å². The molecule has 1 aliphatic rings. The van der Waals surface area contributed by atoms with Crippen LogP contribution in [0.2, 0.25) is 0 Å². The van der Waals surface area contributed by atoms with Crippen LogP contribution in [0.25, 0.3) is 0 Å². The number of sulfonamides is 1. The average Bonchev–Trinajstić information content (AvgIpc) is 3.20. The molecule has 2 amide bonds. The zero-order valence-corrected chi connectivity index (χ0v) is 19.4. The Bertz CT molecular complexity index is 1120. The van der Waals surface area contributed by atoms with Gasteiger partial charge in [-0.1, -0.05) is 38.1 Å². The van der Waals surface area contributed by atoms with E-state index in [0.29, 0.717) is 12.2 Å². The topological polar surface area (TPSA) is 122 Å². The molecule has 1 aliphatic heterocycles. The number of amides is 2. The standard InChI is InChI=1S/C23H29FN4O4S/c1-15(2)21(27-33(31,32)20-11-4-3-9-18(20)24)23(30)26-17-8-5-7-16(13-17)14-28-12-6-10-19(28)22(25)29/h3-5,7-9,11,13,15,19,21,27H,6,10,12,14H2,1-2H3,(H2,25,29)(H,26,30)/t19?,21-/m0/s1. The summed E-state index contributed by atoms with van der Waals surface area (Å²) in [6.45, 7) is 4.66. The Hall–Kier alpha value is -2.82. The van der Waals surface area contributed by atoms with Crippen molar-refractivity contribution in [3.8, 4) is 0 Å². The highest BCUT2D eigenvalue weighted by Gasteiger charge is 2.31. The molecule has 2 aromatic rings. The van der Waals surface area contributed by atoms with Crippen molar-refractivity contribution in [2.24, 2.45) is 11.7 Å². The van der Waals surface area contributed by atoms with E-state index in [-0.39, 0.29) is 11.9 Å². The van der Waals surface area contributed by atoms with E-state index in [4.69, 9.17) is 5.73 Å². The number of nitrogens with zero attached hydrogens (tertiary/aromatic N) is 1. The van der Waals surface area contributed by atoms with Gasteiger partial charge in [-0.3, -0.25) is 14.5 Å². The van der Waals surface area contributed by atoms with Crippen molar-refractivity contribution in [1.29, 1.82) is 0 Å². The molecule has 1 unspecified atom stereocenters. The van der Waals surface area contributed by atoms with Crippen LogP contribution in [-0.2, 0) is 26.2 Å². The molecule has 8 nitrogen and oxygen atoms in total. The summed E-state index contributed by atoms with van der Waals surface area (Å²) in [6.07, 6.45) is 1.62. The van der Waals surface area contributed by atoms with Gasteiger partial charge in [-0.05, 0) is 55.1 Å². The van der Waals surface area contributed by atoms with Crippen LogP contribution in [0.5, 0.6) is 0 Å². The fourth-order valence-corrected chi connectivity index (χ4v) is 5.35. The first kappa shape index (κ1) is 24.8. The summed E-state index contributed by atoms with van der Waals surface area (Å²) in [7, 11) is -4.25. The van der Waals surface area contributed by atoms with Crippen molar-refractivity contribution in [2.45, 2.75) is 50.2 Å². The van der Waals surface area contributed by atoms with Crippen LogP contribution in [0, 0.1) is 11.7 Å². The van der Waals surface area contributed by atoms with Crippen molar-refractivity contribution in [1.82, 2.24) is 9.62 Å². The molecule has 0 aliphatic carbocycles. The van der Waals surface area contributed by atoms with Gasteiger partial charge < -0.3 is 11.1 Å². The lowest BCUT2D eigenvalue weighted by Crippen LogP contribution is -2.47. The highest BCUT2D eigenvalue weighted by molar-refractivity contribution is 7.89. The lowest BCUT2D eigenvalue weighted by Gasteiger charge is -2.23. The molecule has 0 bridgehead atoms. The SMILES string of the molecule is CC(C)[C@H](NS(=O)(=O)c1ccccc1F)C(=O)Nc1cccc(CN2CCCC2C(N)=O)c1. The van der Waals surface area contributed by atoms with Crippen molar-refractivity contribution in [3.05, 3.63) is 59.9 Å². The van der Waals surface area contributed by atoms with Gasteiger partial charge in [0.05, 0.1) is 6.04 Å². The summed E-state index contributed by atoms with van der Waals surface area (Å²) in [6, 6.07) is 10.7. The second-order valence-corrected chi connectivity index (χ2v) is 10.2. The highest BCUT2D eigenvalue weighted by Crippen LogP contribution is 2.22. The minimum Gasteiger partial charge on any atom is -0.368 e. The first-order valence-corrected chi connectivity index (χ1v) is 12.3. The third kappa shape index (κ3) is 6.16. The van der Waals surface area contributed by atoms with Crippen molar-refractivity contribution >= 4 is 27.5 Å². The van der Waals surface area contributed by atoms with E-state index < -0.39 is 38.6 Å². The predicted octanol–water partition coefficient (Wildman–Crippen LogP) is 2.22. The molecule has 0 radical (unpaired) electrons. The van der Waals surface area contributed by atoms with E-state index in [1.807, 2.05) is 11.0 Å². The lowest BCUT2D eigenvalue weighted by atomic mass is 10.0. The molecule has 0 spiro atoms. The van der Waals surface area contributed by atoms with Gasteiger partial charge in [0.25, 0.3) is 0 Å². The minimum atomic E-state index is -4.25. The van der Waals surface area contributed by atoms with Crippen LogP contribution < -0.4 is 15.8 Å². The summed E-state index contributed by atoms with van der Waals surface area (Å²) < 4.78 is 41.7. The maximum atomic E-state index is 14.0. The maximum absolute atomic E-state index is 14.0. The number of primary amides is 1. The molecular formula is C23H29FN4O4S. The van der Waals surface area contributed by atoms with Crippen LogP contribution >= 0.6 is 0 Å². The molecule has 1 heterocycles. The number of carbonyl (C=O) groups is 2. The Balaban J connectivity index is 1.73. The third-order valence-corrected chi connectivity index (χ3v) is 7.10. The Morgan fingerprint density at radius 1 is 1.18 bits per heavy atom. The van der Waals surface area contributed by atoms with Crippen molar-refractivity contribution < 1.29 is 22.4 Å². The van der Waals surface area contributed by atoms with Gasteiger partial charge in [0, 0.05) is 12.2 Å². The van der Waals surface area contributed by atoms with E-state index in [9.17, 15) is 22.4 Å². The second kappa shape index (κ2) is 10.4. The molecule has 1 saturated heterocycles. The minimum absolute atomic E-state index is 0.304. The van der Waals surface area contributed by atoms with E-state index in [1.54, 1.807) is 32.0 Å². The zero-order valence-electron chi connectivity index (χ0n) is 18.6. The number of benzene rings is 2. The van der Waals surface area contributed by atoms with Crippen LogP contribution in [0.15, 0.2) is 53.4 Å². The number of rotatable bonds is 9. The quantitative estimate of drug-likeness (QED) is 0.512. The predicted molar refractivity (Wildman–Crippen MR) is 123 cm³/mol. The number of halogens is 1. The molecule has 3 rings (SSSR count). The molecule has 2 atom stereocenters. The lowest BCUT2D eigenvalue weighted by molar-refractivity contribution is -0.122. The summed E-state index contributed by atoms with van der Waals surface area (Å²) in [5, 5.41) is 2.74. The van der Waals surface area contributed by atoms with Gasteiger partial charge in [0.1, 0.15) is 16.8 Å². The molecule has 33 heavy (non-hydrogen) atoms. The van der Waals surface area contributed by atoms with Gasteiger partial charge in [-0.15, -0.1) is 0 Å². The van der Waals surface area contributed by atoms with Gasteiger partial charge in [0.2, 0.25) is 21.8 Å². The highest BCUT2D eigenvalue weighted by atomic mass is 32.2. The van der Waals surface area contributed by atoms with E-state index in [0.717, 1.165) is 37.1 Å². The molecule has 4 N–H and O–H groups in total. The van der Waals surface area contributed by atoms with Gasteiger partial charge in [-0.2, -0.15) is 4.72 Å². The van der Waals surface area contributed by atoms with Crippen LogP contribution in [0.1, 0.15) is 32.3 Å². The first-order chi connectivity index (χ1) is 15.6. The van der Waals surface area contributed by atoms with Gasteiger partial charge >= 0.3 is 0 Å². The number of likely N-dealkylation sites (tertiary alicyclic amines) is 1. The van der Waals surface area contributed by atoms with Gasteiger partial charge in [-0.25, -0.2) is 12.8 Å². The normalized spacial score (nSPS) is 17.8. The number of nitrogens with two attached hydrogens (primary N) is 1.